The van der Waals surface area contributed by atoms with Gasteiger partial charge in [0.15, 0.2) is 10.9 Å². The van der Waals surface area contributed by atoms with Crippen molar-refractivity contribution in [3.63, 3.8) is 0 Å². The van der Waals surface area contributed by atoms with E-state index < -0.39 is 0 Å². The Balaban J connectivity index is 1.47. The number of anilines is 2. The van der Waals surface area contributed by atoms with Crippen molar-refractivity contribution >= 4 is 28.2 Å². The molecule has 3 aromatic heterocycles. The summed E-state index contributed by atoms with van der Waals surface area (Å²) in [7, 11) is 0. The summed E-state index contributed by atoms with van der Waals surface area (Å²) in [4.78, 5) is 27.4. The lowest BCUT2D eigenvalue weighted by Gasteiger charge is -2.27. The van der Waals surface area contributed by atoms with Crippen molar-refractivity contribution in [2.24, 2.45) is 0 Å². The summed E-state index contributed by atoms with van der Waals surface area (Å²) in [5.41, 5.74) is 1.03. The average molecular weight is 355 g/mol. The number of furan rings is 1. The third-order valence-electron chi connectivity index (χ3n) is 4.06. The number of thiazole rings is 1. The largest absolute Gasteiger partial charge is 0.463 e. The molecule has 0 bridgehead atoms. The van der Waals surface area contributed by atoms with Crippen LogP contribution in [0.2, 0.25) is 0 Å². The molecule has 0 saturated carbocycles. The number of rotatable bonds is 4. The summed E-state index contributed by atoms with van der Waals surface area (Å²) in [6.45, 7) is 1.94. The molecule has 1 amide bonds. The summed E-state index contributed by atoms with van der Waals surface area (Å²) in [6.07, 6.45) is 6.59. The quantitative estimate of drug-likeness (QED) is 0.772. The van der Waals surface area contributed by atoms with E-state index in [2.05, 4.69) is 25.2 Å². The fourth-order valence-electron chi connectivity index (χ4n) is 2.80. The normalized spacial score (nSPS) is 14.5. The predicted molar refractivity (Wildman–Crippen MR) is 95.9 cm³/mol. The number of nitrogens with zero attached hydrogens (tertiary/aromatic N) is 4. The van der Waals surface area contributed by atoms with Gasteiger partial charge in [-0.3, -0.25) is 10.1 Å². The number of carbonyl (C=O) groups excluding carboxylic acids is 1. The van der Waals surface area contributed by atoms with E-state index in [1.165, 1.54) is 24.1 Å². The molecule has 1 saturated heterocycles. The van der Waals surface area contributed by atoms with E-state index in [4.69, 9.17) is 4.42 Å². The second-order valence-electron chi connectivity index (χ2n) is 5.78. The van der Waals surface area contributed by atoms with Crippen LogP contribution in [0.15, 0.2) is 40.6 Å². The lowest BCUT2D eigenvalue weighted by atomic mass is 10.1. The van der Waals surface area contributed by atoms with E-state index in [0.29, 0.717) is 22.3 Å². The molecule has 1 aliphatic heterocycles. The zero-order valence-corrected chi connectivity index (χ0v) is 14.3. The number of piperidine rings is 1. The molecule has 0 spiro atoms. The maximum Gasteiger partial charge on any atom is 0.276 e. The van der Waals surface area contributed by atoms with Crippen LogP contribution in [0.3, 0.4) is 0 Å². The van der Waals surface area contributed by atoms with Crippen LogP contribution in [0.4, 0.5) is 10.9 Å². The minimum absolute atomic E-state index is 0.291. The highest BCUT2D eigenvalue weighted by molar-refractivity contribution is 7.14. The van der Waals surface area contributed by atoms with Crippen molar-refractivity contribution in [3.05, 3.63) is 41.9 Å². The second kappa shape index (κ2) is 7.02. The molecule has 128 valence electrons. The first-order valence-electron chi connectivity index (χ1n) is 8.17. The van der Waals surface area contributed by atoms with Crippen LogP contribution in [0.1, 0.15) is 29.8 Å². The van der Waals surface area contributed by atoms with Crippen LogP contribution in [0, 0.1) is 0 Å². The van der Waals surface area contributed by atoms with E-state index in [1.54, 1.807) is 18.4 Å². The van der Waals surface area contributed by atoms with Crippen LogP contribution in [0.5, 0.6) is 0 Å². The third kappa shape index (κ3) is 3.53. The summed E-state index contributed by atoms with van der Waals surface area (Å²) in [5.74, 6) is 1.18. The van der Waals surface area contributed by atoms with Crippen LogP contribution in [-0.2, 0) is 0 Å². The first-order chi connectivity index (χ1) is 12.3. The van der Waals surface area contributed by atoms with Gasteiger partial charge < -0.3 is 9.32 Å². The summed E-state index contributed by atoms with van der Waals surface area (Å²) < 4.78 is 5.31. The fourth-order valence-corrected chi connectivity index (χ4v) is 3.49. The molecule has 0 atom stereocenters. The Morgan fingerprint density at radius 1 is 1.24 bits per heavy atom. The Hall–Kier alpha value is -2.74. The van der Waals surface area contributed by atoms with Gasteiger partial charge in [-0.15, -0.1) is 11.3 Å². The zero-order chi connectivity index (χ0) is 17.1. The molecule has 0 radical (unpaired) electrons. The Morgan fingerprint density at radius 3 is 2.92 bits per heavy atom. The lowest BCUT2D eigenvalue weighted by Crippen LogP contribution is -2.30. The van der Waals surface area contributed by atoms with Gasteiger partial charge in [0.05, 0.1) is 6.26 Å². The van der Waals surface area contributed by atoms with Crippen LogP contribution >= 0.6 is 11.3 Å². The van der Waals surface area contributed by atoms with Crippen molar-refractivity contribution in [3.8, 4) is 11.5 Å². The molecule has 0 aromatic carbocycles. The first kappa shape index (κ1) is 15.8. The standard InChI is InChI=1S/C17H17N5O2S/c23-16(21-17-20-13(10-25-17)14-5-4-8-24-14)12-9-15(19-11-18-12)22-6-2-1-3-7-22/h4-5,8-11H,1-3,6-7H2,(H,20,21,23). The fraction of sp³-hybridized carbons (Fsp3) is 0.294. The van der Waals surface area contributed by atoms with Gasteiger partial charge in [-0.25, -0.2) is 15.0 Å². The SMILES string of the molecule is O=C(Nc1nc(-c2ccco2)cs1)c1cc(N2CCCCC2)ncn1. The van der Waals surface area contributed by atoms with E-state index in [1.807, 2.05) is 11.4 Å². The molecular formula is C17H17N5O2S. The molecule has 7 nitrogen and oxygen atoms in total. The molecule has 0 unspecified atom stereocenters. The maximum absolute atomic E-state index is 12.5. The van der Waals surface area contributed by atoms with Crippen molar-refractivity contribution < 1.29 is 9.21 Å². The highest BCUT2D eigenvalue weighted by atomic mass is 32.1. The minimum atomic E-state index is -0.291. The zero-order valence-electron chi connectivity index (χ0n) is 13.5. The number of nitrogens with one attached hydrogen (secondary N) is 1. The summed E-state index contributed by atoms with van der Waals surface area (Å²) in [5, 5.41) is 5.14. The smallest absolute Gasteiger partial charge is 0.276 e. The molecule has 1 fully saturated rings. The topological polar surface area (TPSA) is 84.2 Å². The Labute approximate surface area is 148 Å². The van der Waals surface area contributed by atoms with E-state index in [9.17, 15) is 4.79 Å². The molecule has 8 heteroatoms. The lowest BCUT2D eigenvalue weighted by molar-refractivity contribution is 0.102. The molecule has 3 aromatic rings. The van der Waals surface area contributed by atoms with Crippen LogP contribution in [0.25, 0.3) is 11.5 Å². The van der Waals surface area contributed by atoms with Crippen molar-refractivity contribution in [2.75, 3.05) is 23.3 Å². The Morgan fingerprint density at radius 2 is 2.12 bits per heavy atom. The third-order valence-corrected chi connectivity index (χ3v) is 4.82. The van der Waals surface area contributed by atoms with Gasteiger partial charge in [-0.05, 0) is 31.4 Å². The second-order valence-corrected chi connectivity index (χ2v) is 6.64. The maximum atomic E-state index is 12.5. The monoisotopic (exact) mass is 355 g/mol. The van der Waals surface area contributed by atoms with Crippen LogP contribution in [-0.4, -0.2) is 33.9 Å². The van der Waals surface area contributed by atoms with Crippen molar-refractivity contribution in [1.82, 2.24) is 15.0 Å². The van der Waals surface area contributed by atoms with E-state index >= 15 is 0 Å². The predicted octanol–water partition coefficient (Wildman–Crippen LogP) is 3.44. The van der Waals surface area contributed by atoms with Crippen LogP contribution < -0.4 is 10.2 Å². The molecule has 25 heavy (non-hydrogen) atoms. The average Bonchev–Trinajstić information content (AvgIpc) is 3.34. The van der Waals surface area contributed by atoms with Gasteiger partial charge in [0, 0.05) is 24.5 Å². The number of hydrogen-bond acceptors (Lipinski definition) is 7. The highest BCUT2D eigenvalue weighted by Crippen LogP contribution is 2.25. The minimum Gasteiger partial charge on any atom is -0.463 e. The number of aromatic nitrogens is 3. The van der Waals surface area contributed by atoms with Gasteiger partial charge in [-0.1, -0.05) is 0 Å². The van der Waals surface area contributed by atoms with Crippen molar-refractivity contribution in [2.45, 2.75) is 19.3 Å². The molecule has 1 aliphatic rings. The molecule has 4 rings (SSSR count). The van der Waals surface area contributed by atoms with Gasteiger partial charge in [0.2, 0.25) is 0 Å². The summed E-state index contributed by atoms with van der Waals surface area (Å²) >= 11 is 1.35. The Kier molecular flexibility index (Phi) is 4.43. The van der Waals surface area contributed by atoms with Gasteiger partial charge in [-0.2, -0.15) is 0 Å². The van der Waals surface area contributed by atoms with Crippen molar-refractivity contribution in [1.29, 1.82) is 0 Å². The van der Waals surface area contributed by atoms with Gasteiger partial charge in [0.25, 0.3) is 5.91 Å². The van der Waals surface area contributed by atoms with Gasteiger partial charge >= 0.3 is 0 Å². The molecule has 0 aliphatic carbocycles. The number of hydrogen-bond donors (Lipinski definition) is 1. The van der Waals surface area contributed by atoms with Gasteiger partial charge in [0.1, 0.15) is 23.5 Å². The Bertz CT molecular complexity index is 856. The molecule has 4 heterocycles. The summed E-state index contributed by atoms with van der Waals surface area (Å²) in [6, 6.07) is 5.37. The number of amides is 1. The van der Waals surface area contributed by atoms with E-state index in [0.717, 1.165) is 31.7 Å². The van der Waals surface area contributed by atoms with E-state index in [-0.39, 0.29) is 5.91 Å². The first-order valence-corrected chi connectivity index (χ1v) is 9.05. The highest BCUT2D eigenvalue weighted by Gasteiger charge is 2.16. The molecule has 1 N–H and O–H groups in total. The molecular weight excluding hydrogens is 338 g/mol. The number of carbonyl (C=O) groups is 1.